The van der Waals surface area contributed by atoms with Gasteiger partial charge in [-0.3, -0.25) is 4.79 Å². The van der Waals surface area contributed by atoms with Gasteiger partial charge < -0.3 is 20.3 Å². The Morgan fingerprint density at radius 3 is 2.50 bits per heavy atom. The Labute approximate surface area is 155 Å². The van der Waals surface area contributed by atoms with Crippen LogP contribution in [0.3, 0.4) is 0 Å². The first kappa shape index (κ1) is 19.0. The predicted octanol–water partition coefficient (Wildman–Crippen LogP) is 2.78. The van der Waals surface area contributed by atoms with Gasteiger partial charge in [-0.15, -0.1) is 0 Å². The van der Waals surface area contributed by atoms with E-state index in [9.17, 15) is 9.18 Å². The van der Waals surface area contributed by atoms with Crippen molar-refractivity contribution >= 4 is 11.6 Å². The molecule has 0 spiro atoms. The van der Waals surface area contributed by atoms with Gasteiger partial charge in [-0.1, -0.05) is 19.3 Å². The highest BCUT2D eigenvalue weighted by Crippen LogP contribution is 2.39. The molecule has 2 N–H and O–H groups in total. The number of carbonyl (C=O) groups is 1. The lowest BCUT2D eigenvalue weighted by atomic mass is 9.71. The summed E-state index contributed by atoms with van der Waals surface area (Å²) in [6, 6.07) is 4.60. The molecule has 5 nitrogen and oxygen atoms in total. The van der Waals surface area contributed by atoms with Crippen molar-refractivity contribution in [1.29, 1.82) is 0 Å². The number of rotatable bonds is 5. The van der Waals surface area contributed by atoms with Crippen molar-refractivity contribution in [2.24, 2.45) is 11.1 Å². The Hall–Kier alpha value is -1.82. The lowest BCUT2D eigenvalue weighted by molar-refractivity contribution is -0.134. The molecule has 0 atom stereocenters. The summed E-state index contributed by atoms with van der Waals surface area (Å²) in [5, 5.41) is 0. The van der Waals surface area contributed by atoms with E-state index in [0.717, 1.165) is 31.6 Å². The van der Waals surface area contributed by atoms with Crippen LogP contribution in [-0.2, 0) is 4.79 Å². The van der Waals surface area contributed by atoms with Gasteiger partial charge in [-0.05, 0) is 36.9 Å². The third-order valence-corrected chi connectivity index (χ3v) is 5.99. The molecular formula is C20H30FN3O2. The summed E-state index contributed by atoms with van der Waals surface area (Å²) < 4.78 is 18.7. The van der Waals surface area contributed by atoms with E-state index < -0.39 is 0 Å². The van der Waals surface area contributed by atoms with E-state index in [4.69, 9.17) is 10.5 Å². The van der Waals surface area contributed by atoms with Gasteiger partial charge in [0.15, 0.2) is 0 Å². The topological polar surface area (TPSA) is 58.8 Å². The van der Waals surface area contributed by atoms with Crippen LogP contribution in [0.4, 0.5) is 10.1 Å². The molecule has 2 fully saturated rings. The van der Waals surface area contributed by atoms with Crippen LogP contribution in [0.25, 0.3) is 0 Å². The van der Waals surface area contributed by atoms with E-state index in [1.54, 1.807) is 13.2 Å². The molecule has 0 radical (unpaired) electrons. The van der Waals surface area contributed by atoms with Crippen LogP contribution in [0, 0.1) is 11.2 Å². The van der Waals surface area contributed by atoms with Gasteiger partial charge >= 0.3 is 0 Å². The second-order valence-electron chi connectivity index (χ2n) is 7.63. The molecule has 144 valence electrons. The maximum Gasteiger partial charge on any atom is 0.223 e. The number of hydrogen-bond donors (Lipinski definition) is 1. The quantitative estimate of drug-likeness (QED) is 0.874. The molecule has 1 heterocycles. The minimum atomic E-state index is -0.307. The molecule has 0 unspecified atom stereocenters. The molecule has 2 aliphatic rings. The summed E-state index contributed by atoms with van der Waals surface area (Å²) in [6.07, 6.45) is 6.34. The molecule has 26 heavy (non-hydrogen) atoms. The molecule has 1 amide bonds. The Kier molecular flexibility index (Phi) is 6.01. The molecule has 3 rings (SSSR count). The fourth-order valence-electron chi connectivity index (χ4n) is 4.30. The highest BCUT2D eigenvalue weighted by molar-refractivity contribution is 5.77. The largest absolute Gasteiger partial charge is 0.494 e. The van der Waals surface area contributed by atoms with E-state index >= 15 is 0 Å². The lowest BCUT2D eigenvalue weighted by Gasteiger charge is -2.40. The molecule has 1 aromatic rings. The smallest absolute Gasteiger partial charge is 0.223 e. The van der Waals surface area contributed by atoms with Gasteiger partial charge in [0.25, 0.3) is 0 Å². The number of carbonyl (C=O) groups excluding carboxylic acids is 1. The number of methoxy groups -OCH3 is 1. The fourth-order valence-corrected chi connectivity index (χ4v) is 4.30. The van der Waals surface area contributed by atoms with Crippen LogP contribution < -0.4 is 15.4 Å². The van der Waals surface area contributed by atoms with Crippen LogP contribution in [0.1, 0.15) is 38.5 Å². The Morgan fingerprint density at radius 2 is 1.88 bits per heavy atom. The number of anilines is 1. The molecule has 1 aliphatic heterocycles. The third kappa shape index (κ3) is 4.11. The average molecular weight is 363 g/mol. The van der Waals surface area contributed by atoms with Crippen LogP contribution >= 0.6 is 0 Å². The van der Waals surface area contributed by atoms with Crippen LogP contribution in [-0.4, -0.2) is 50.6 Å². The van der Waals surface area contributed by atoms with Crippen molar-refractivity contribution in [3.63, 3.8) is 0 Å². The van der Waals surface area contributed by atoms with Gasteiger partial charge in [0, 0.05) is 38.7 Å². The molecule has 0 bridgehead atoms. The highest BCUT2D eigenvalue weighted by atomic mass is 19.1. The number of amides is 1. The normalized spacial score (nSPS) is 20.1. The van der Waals surface area contributed by atoms with E-state index in [1.807, 2.05) is 4.90 Å². The number of ether oxygens (including phenoxy) is 1. The summed E-state index contributed by atoms with van der Waals surface area (Å²) in [5.41, 5.74) is 6.92. The molecule has 1 saturated heterocycles. The van der Waals surface area contributed by atoms with Gasteiger partial charge in [-0.2, -0.15) is 0 Å². The molecular weight excluding hydrogens is 333 g/mol. The van der Waals surface area contributed by atoms with Crippen LogP contribution in [0.2, 0.25) is 0 Å². The maximum absolute atomic E-state index is 13.4. The molecule has 1 aromatic carbocycles. The number of nitrogens with zero attached hydrogens (tertiary/aromatic N) is 2. The zero-order valence-corrected chi connectivity index (χ0v) is 15.7. The Bertz CT molecular complexity index is 623. The zero-order valence-electron chi connectivity index (χ0n) is 15.7. The zero-order chi connectivity index (χ0) is 18.6. The first-order valence-electron chi connectivity index (χ1n) is 9.63. The van der Waals surface area contributed by atoms with Gasteiger partial charge in [-0.25, -0.2) is 4.39 Å². The van der Waals surface area contributed by atoms with Crippen LogP contribution in [0.15, 0.2) is 18.2 Å². The van der Waals surface area contributed by atoms with E-state index in [-0.39, 0.29) is 17.1 Å². The average Bonchev–Trinajstić information content (AvgIpc) is 2.68. The second kappa shape index (κ2) is 8.25. The monoisotopic (exact) mass is 363 g/mol. The third-order valence-electron chi connectivity index (χ3n) is 5.99. The van der Waals surface area contributed by atoms with Crippen molar-refractivity contribution in [3.05, 3.63) is 24.0 Å². The number of benzene rings is 1. The first-order chi connectivity index (χ1) is 12.6. The summed E-state index contributed by atoms with van der Waals surface area (Å²) in [6.45, 7) is 3.41. The van der Waals surface area contributed by atoms with Crippen LogP contribution in [0.5, 0.6) is 5.75 Å². The van der Waals surface area contributed by atoms with E-state index in [1.165, 1.54) is 31.4 Å². The predicted molar refractivity (Wildman–Crippen MR) is 101 cm³/mol. The molecule has 1 aliphatic carbocycles. The van der Waals surface area contributed by atoms with Crippen molar-refractivity contribution < 1.29 is 13.9 Å². The highest BCUT2D eigenvalue weighted by Gasteiger charge is 2.35. The SMILES string of the molecule is COc1cc(F)ccc1N1CCN(C(=O)CC2(CN)CCCCC2)CC1. The molecule has 6 heteroatoms. The van der Waals surface area contributed by atoms with Gasteiger partial charge in [0.1, 0.15) is 11.6 Å². The minimum Gasteiger partial charge on any atom is -0.494 e. The van der Waals surface area contributed by atoms with Crippen molar-refractivity contribution in [3.8, 4) is 5.75 Å². The standard InChI is InChI=1S/C20H30FN3O2/c1-26-18-13-16(21)5-6-17(18)23-9-11-24(12-10-23)19(25)14-20(15-22)7-3-2-4-8-20/h5-6,13H,2-4,7-12,14-15,22H2,1H3. The Morgan fingerprint density at radius 1 is 1.19 bits per heavy atom. The summed E-state index contributed by atoms with van der Waals surface area (Å²) in [5.74, 6) is 0.455. The van der Waals surface area contributed by atoms with E-state index in [2.05, 4.69) is 4.90 Å². The number of halogens is 1. The minimum absolute atomic E-state index is 0.00659. The number of hydrogen-bond acceptors (Lipinski definition) is 4. The van der Waals surface area contributed by atoms with E-state index in [0.29, 0.717) is 31.8 Å². The molecule has 1 saturated carbocycles. The number of nitrogens with two attached hydrogens (primary N) is 1. The van der Waals surface area contributed by atoms with Gasteiger partial charge in [0.2, 0.25) is 5.91 Å². The fraction of sp³-hybridized carbons (Fsp3) is 0.650. The summed E-state index contributed by atoms with van der Waals surface area (Å²) >= 11 is 0. The number of piperazine rings is 1. The molecule has 0 aromatic heterocycles. The summed E-state index contributed by atoms with van der Waals surface area (Å²) in [4.78, 5) is 16.9. The second-order valence-corrected chi connectivity index (χ2v) is 7.63. The maximum atomic E-state index is 13.4. The van der Waals surface area contributed by atoms with Crippen molar-refractivity contribution in [2.45, 2.75) is 38.5 Å². The first-order valence-corrected chi connectivity index (χ1v) is 9.63. The Balaban J connectivity index is 1.59. The summed E-state index contributed by atoms with van der Waals surface area (Å²) in [7, 11) is 1.55. The van der Waals surface area contributed by atoms with Crippen molar-refractivity contribution in [2.75, 3.05) is 44.7 Å². The van der Waals surface area contributed by atoms with Gasteiger partial charge in [0.05, 0.1) is 12.8 Å². The van der Waals surface area contributed by atoms with Crippen molar-refractivity contribution in [1.82, 2.24) is 4.90 Å². The lowest BCUT2D eigenvalue weighted by Crippen LogP contribution is -2.50.